The van der Waals surface area contributed by atoms with E-state index in [9.17, 15) is 8.78 Å². The van der Waals surface area contributed by atoms with Gasteiger partial charge in [-0.15, -0.1) is 0 Å². The summed E-state index contributed by atoms with van der Waals surface area (Å²) < 4.78 is 32.6. The number of rotatable bonds is 4. The molecule has 0 aromatic heterocycles. The molecule has 112 valence electrons. The van der Waals surface area contributed by atoms with Gasteiger partial charge in [-0.1, -0.05) is 6.07 Å². The SMILES string of the molecule is CNC(c1ccc(F)cc1C)c1cc(Br)c(F)cc1OC. The monoisotopic (exact) mass is 355 g/mol. The molecule has 2 aromatic rings. The Bertz CT molecular complexity index is 661. The maximum absolute atomic E-state index is 13.7. The molecule has 21 heavy (non-hydrogen) atoms. The van der Waals surface area contributed by atoms with Crippen LogP contribution >= 0.6 is 15.9 Å². The highest BCUT2D eigenvalue weighted by atomic mass is 79.9. The fraction of sp³-hybridized carbons (Fsp3) is 0.250. The third-order valence-electron chi connectivity index (χ3n) is 3.42. The quantitative estimate of drug-likeness (QED) is 0.879. The van der Waals surface area contributed by atoms with Crippen LogP contribution in [0.2, 0.25) is 0 Å². The van der Waals surface area contributed by atoms with Crippen molar-refractivity contribution in [1.29, 1.82) is 0 Å². The maximum Gasteiger partial charge on any atom is 0.141 e. The van der Waals surface area contributed by atoms with Gasteiger partial charge in [0, 0.05) is 11.6 Å². The molecule has 0 saturated heterocycles. The first kappa shape index (κ1) is 15.9. The Morgan fingerprint density at radius 2 is 1.86 bits per heavy atom. The van der Waals surface area contributed by atoms with Gasteiger partial charge in [0.25, 0.3) is 0 Å². The molecule has 0 spiro atoms. The first-order valence-corrected chi connectivity index (χ1v) is 7.23. The van der Waals surface area contributed by atoms with Gasteiger partial charge in [0.2, 0.25) is 0 Å². The Kier molecular flexibility index (Phi) is 4.96. The molecule has 0 fully saturated rings. The van der Waals surface area contributed by atoms with Crippen molar-refractivity contribution < 1.29 is 13.5 Å². The van der Waals surface area contributed by atoms with Gasteiger partial charge in [-0.2, -0.15) is 0 Å². The molecule has 0 heterocycles. The predicted octanol–water partition coefficient (Wildman–Crippen LogP) is 4.35. The third-order valence-corrected chi connectivity index (χ3v) is 4.02. The summed E-state index contributed by atoms with van der Waals surface area (Å²) in [6, 6.07) is 7.41. The van der Waals surface area contributed by atoms with Crippen LogP contribution in [0.3, 0.4) is 0 Å². The van der Waals surface area contributed by atoms with E-state index in [0.29, 0.717) is 10.2 Å². The van der Waals surface area contributed by atoms with E-state index >= 15 is 0 Å². The van der Waals surface area contributed by atoms with Gasteiger partial charge in [-0.25, -0.2) is 8.78 Å². The van der Waals surface area contributed by atoms with Crippen molar-refractivity contribution in [2.45, 2.75) is 13.0 Å². The highest BCUT2D eigenvalue weighted by molar-refractivity contribution is 9.10. The number of ether oxygens (including phenoxy) is 1. The fourth-order valence-corrected chi connectivity index (χ4v) is 2.75. The summed E-state index contributed by atoms with van der Waals surface area (Å²) in [4.78, 5) is 0. The Balaban J connectivity index is 2.58. The largest absolute Gasteiger partial charge is 0.496 e. The minimum Gasteiger partial charge on any atom is -0.496 e. The molecular weight excluding hydrogens is 340 g/mol. The van der Waals surface area contributed by atoms with Gasteiger partial charge in [-0.3, -0.25) is 0 Å². The van der Waals surface area contributed by atoms with Gasteiger partial charge in [0.05, 0.1) is 17.6 Å². The summed E-state index contributed by atoms with van der Waals surface area (Å²) in [7, 11) is 3.29. The van der Waals surface area contributed by atoms with Gasteiger partial charge >= 0.3 is 0 Å². The smallest absolute Gasteiger partial charge is 0.141 e. The van der Waals surface area contributed by atoms with E-state index in [2.05, 4.69) is 21.2 Å². The van der Waals surface area contributed by atoms with E-state index in [-0.39, 0.29) is 17.7 Å². The summed E-state index contributed by atoms with van der Waals surface area (Å²) in [5.74, 6) is -0.224. The van der Waals surface area contributed by atoms with Gasteiger partial charge in [0.1, 0.15) is 17.4 Å². The first-order chi connectivity index (χ1) is 9.97. The average molecular weight is 356 g/mol. The lowest BCUT2D eigenvalue weighted by Gasteiger charge is -2.22. The molecule has 0 radical (unpaired) electrons. The van der Waals surface area contributed by atoms with Crippen molar-refractivity contribution in [2.24, 2.45) is 0 Å². The van der Waals surface area contributed by atoms with Gasteiger partial charge in [-0.05, 0) is 59.2 Å². The normalized spacial score (nSPS) is 12.3. The molecule has 5 heteroatoms. The number of aryl methyl sites for hydroxylation is 1. The van der Waals surface area contributed by atoms with Crippen molar-refractivity contribution in [3.8, 4) is 5.75 Å². The zero-order valence-corrected chi connectivity index (χ0v) is 13.6. The molecule has 1 atom stereocenters. The molecular formula is C16H16BrF2NO. The van der Waals surface area contributed by atoms with Crippen LogP contribution in [0.25, 0.3) is 0 Å². The first-order valence-electron chi connectivity index (χ1n) is 6.44. The summed E-state index contributed by atoms with van der Waals surface area (Å²) in [6.45, 7) is 1.84. The molecule has 2 nitrogen and oxygen atoms in total. The molecule has 1 unspecified atom stereocenters. The second kappa shape index (κ2) is 6.54. The highest BCUT2D eigenvalue weighted by Gasteiger charge is 2.20. The summed E-state index contributed by atoms with van der Waals surface area (Å²) in [6.07, 6.45) is 0. The predicted molar refractivity (Wildman–Crippen MR) is 82.7 cm³/mol. The number of hydrogen-bond acceptors (Lipinski definition) is 2. The second-order valence-corrected chi connectivity index (χ2v) is 5.59. The van der Waals surface area contributed by atoms with Crippen LogP contribution < -0.4 is 10.1 Å². The summed E-state index contributed by atoms with van der Waals surface area (Å²) in [5.41, 5.74) is 2.51. The van der Waals surface area contributed by atoms with E-state index in [0.717, 1.165) is 16.7 Å². The zero-order chi connectivity index (χ0) is 15.6. The van der Waals surface area contributed by atoms with Crippen LogP contribution in [0.5, 0.6) is 5.75 Å². The van der Waals surface area contributed by atoms with Crippen LogP contribution in [0.15, 0.2) is 34.8 Å². The molecule has 2 aromatic carbocycles. The number of halogens is 3. The van der Waals surface area contributed by atoms with Crippen molar-refractivity contribution in [1.82, 2.24) is 5.32 Å². The van der Waals surface area contributed by atoms with E-state index in [1.165, 1.54) is 25.3 Å². The number of hydrogen-bond donors (Lipinski definition) is 1. The van der Waals surface area contributed by atoms with Crippen LogP contribution in [0.1, 0.15) is 22.7 Å². The molecule has 2 rings (SSSR count). The summed E-state index contributed by atoms with van der Waals surface area (Å²) >= 11 is 3.19. The topological polar surface area (TPSA) is 21.3 Å². The van der Waals surface area contributed by atoms with E-state index in [4.69, 9.17) is 4.74 Å². The van der Waals surface area contributed by atoms with Crippen molar-refractivity contribution in [3.63, 3.8) is 0 Å². The highest BCUT2D eigenvalue weighted by Crippen LogP contribution is 2.35. The Morgan fingerprint density at radius 3 is 2.43 bits per heavy atom. The standard InChI is InChI=1S/C16H16BrF2NO/c1-9-6-10(18)4-5-11(9)16(20-2)12-7-13(17)14(19)8-15(12)21-3/h4-8,16,20H,1-3H3. The van der Waals surface area contributed by atoms with Crippen molar-refractivity contribution in [3.05, 3.63) is 63.1 Å². The Labute approximate surface area is 131 Å². The van der Waals surface area contributed by atoms with Crippen LogP contribution in [-0.2, 0) is 0 Å². The summed E-state index contributed by atoms with van der Waals surface area (Å²) in [5, 5.41) is 3.17. The molecule has 0 bridgehead atoms. The Hall–Kier alpha value is -1.46. The third kappa shape index (κ3) is 3.24. The number of methoxy groups -OCH3 is 1. The molecule has 0 aliphatic heterocycles. The van der Waals surface area contributed by atoms with E-state index < -0.39 is 0 Å². The lowest BCUT2D eigenvalue weighted by Crippen LogP contribution is -2.19. The molecule has 0 saturated carbocycles. The Morgan fingerprint density at radius 1 is 1.14 bits per heavy atom. The van der Waals surface area contributed by atoms with Crippen molar-refractivity contribution >= 4 is 15.9 Å². The zero-order valence-electron chi connectivity index (χ0n) is 12.0. The van der Waals surface area contributed by atoms with E-state index in [1.807, 2.05) is 6.92 Å². The lowest BCUT2D eigenvalue weighted by molar-refractivity contribution is 0.401. The average Bonchev–Trinajstić information content (AvgIpc) is 2.45. The number of benzene rings is 2. The minimum atomic E-state index is -0.388. The molecule has 1 N–H and O–H groups in total. The molecule has 0 amide bonds. The van der Waals surface area contributed by atoms with E-state index in [1.54, 1.807) is 19.2 Å². The van der Waals surface area contributed by atoms with Crippen LogP contribution in [0, 0.1) is 18.6 Å². The lowest BCUT2D eigenvalue weighted by atomic mass is 9.94. The molecule has 0 aliphatic carbocycles. The van der Waals surface area contributed by atoms with Gasteiger partial charge in [0.15, 0.2) is 0 Å². The second-order valence-electron chi connectivity index (χ2n) is 4.73. The molecule has 0 aliphatic rings. The maximum atomic E-state index is 13.7. The van der Waals surface area contributed by atoms with Crippen molar-refractivity contribution in [2.75, 3.05) is 14.2 Å². The van der Waals surface area contributed by atoms with Crippen LogP contribution in [-0.4, -0.2) is 14.2 Å². The minimum absolute atomic E-state index is 0.225. The fourth-order valence-electron chi connectivity index (χ4n) is 2.39. The van der Waals surface area contributed by atoms with Crippen LogP contribution in [0.4, 0.5) is 8.78 Å². The van der Waals surface area contributed by atoms with Gasteiger partial charge < -0.3 is 10.1 Å². The number of nitrogens with one attached hydrogen (secondary N) is 1.